The average molecular weight is 1100 g/mol. The summed E-state index contributed by atoms with van der Waals surface area (Å²) in [5.41, 5.74) is 5.07. The van der Waals surface area contributed by atoms with Gasteiger partial charge in [0.15, 0.2) is 23.1 Å². The maximum absolute atomic E-state index is 13.3. The van der Waals surface area contributed by atoms with Gasteiger partial charge in [-0.25, -0.2) is 0 Å². The maximum Gasteiger partial charge on any atom is 0.178 e. The summed E-state index contributed by atoms with van der Waals surface area (Å²) in [4.78, 5) is 53.1. The van der Waals surface area contributed by atoms with Gasteiger partial charge in [0, 0.05) is 22.3 Å². The minimum Gasteiger partial charge on any atom is -0.293 e. The Bertz CT molecular complexity index is 1580. The molecule has 0 N–H and O–H groups in total. The lowest BCUT2D eigenvalue weighted by atomic mass is 9.64. The van der Waals surface area contributed by atoms with E-state index in [1.807, 2.05) is 152 Å². The zero-order valence-electron chi connectivity index (χ0n) is 28.9. The second-order valence-corrected chi connectivity index (χ2v) is 25.1. The third-order valence-electron chi connectivity index (χ3n) is 8.48. The van der Waals surface area contributed by atoms with Gasteiger partial charge in [-0.15, -0.1) is 0 Å². The summed E-state index contributed by atoms with van der Waals surface area (Å²) in [6.07, 6.45) is 0. The minimum absolute atomic E-state index is 0.0306. The van der Waals surface area contributed by atoms with Crippen LogP contribution < -0.4 is 0 Å². The predicted octanol–water partition coefficient (Wildman–Crippen LogP) is 11.7. The van der Waals surface area contributed by atoms with Crippen molar-refractivity contribution in [3.8, 4) is 0 Å². The van der Waals surface area contributed by atoms with E-state index in [9.17, 15) is 19.2 Å². The molecule has 4 rings (SSSR count). The van der Waals surface area contributed by atoms with Crippen molar-refractivity contribution in [2.24, 2.45) is 0 Å². The number of halogens is 4. The van der Waals surface area contributed by atoms with Gasteiger partial charge in [-0.2, -0.15) is 0 Å². The molecule has 0 heterocycles. The zero-order valence-corrected chi connectivity index (χ0v) is 37.5. The van der Waals surface area contributed by atoms with E-state index in [0.717, 1.165) is 22.3 Å². The largest absolute Gasteiger partial charge is 0.293 e. The van der Waals surface area contributed by atoms with Crippen molar-refractivity contribution in [1.29, 1.82) is 0 Å². The number of Topliss-reactive ketones (excluding diaryl/α,β-unsaturated/α-hetero) is 4. The van der Waals surface area contributed by atoms with E-state index in [1.54, 1.807) is 0 Å². The summed E-state index contributed by atoms with van der Waals surface area (Å²) in [5.74, 6) is 0.123. The third-order valence-corrected chi connectivity index (χ3v) is 10.4. The second-order valence-electron chi connectivity index (χ2n) is 14.3. The summed E-state index contributed by atoms with van der Waals surface area (Å²) in [7, 11) is 0. The summed E-state index contributed by atoms with van der Waals surface area (Å²) in [6.45, 7) is 15.2. The minimum atomic E-state index is -0.939. The molecular weight excluding hydrogens is 1060 g/mol. The molecule has 0 aliphatic rings. The second kappa shape index (κ2) is 14.8. The monoisotopic (exact) mass is 1100 g/mol. The van der Waals surface area contributed by atoms with Crippen LogP contribution in [0.4, 0.5) is 0 Å². The van der Waals surface area contributed by atoms with Crippen LogP contribution in [0.2, 0.25) is 0 Å². The average Bonchev–Trinajstić information content (AvgIpc) is 3.03. The summed E-state index contributed by atoms with van der Waals surface area (Å²) < 4.78 is -2.30. The molecule has 0 spiro atoms. The van der Waals surface area contributed by atoms with Gasteiger partial charge in [0.2, 0.25) is 0 Å². The van der Waals surface area contributed by atoms with E-state index >= 15 is 0 Å². The molecule has 4 aromatic rings. The first-order valence-corrected chi connectivity index (χ1v) is 20.2. The van der Waals surface area contributed by atoms with Crippen LogP contribution in [-0.4, -0.2) is 36.8 Å². The first-order valence-electron chi connectivity index (χ1n) is 15.9. The summed E-state index contributed by atoms with van der Waals surface area (Å²) in [6, 6.07) is 30.9. The molecule has 0 fully saturated rings. The third kappa shape index (κ3) is 8.76. The maximum atomic E-state index is 13.3. The van der Waals surface area contributed by atoms with Gasteiger partial charge < -0.3 is 0 Å². The molecule has 4 aromatic carbocycles. The van der Waals surface area contributed by atoms with Crippen molar-refractivity contribution in [3.63, 3.8) is 0 Å². The Morgan fingerprint density at radius 3 is 0.592 bits per heavy atom. The molecule has 256 valence electrons. The molecule has 0 aliphatic carbocycles. The van der Waals surface area contributed by atoms with Crippen LogP contribution in [0.5, 0.6) is 0 Å². The zero-order chi connectivity index (χ0) is 36.7. The van der Waals surface area contributed by atoms with Crippen LogP contribution in [0.15, 0.2) is 97.1 Å². The standard InChI is InChI=1S/C41H40I4O4/c1-37(2,42)33(46)25-9-17-29(18-10-25)41(30-19-11-26(12-20-30)34(47)38(3,4)43,31-21-13-27(14-22-31)35(48)39(5,6)44)32-23-15-28(16-24-32)36(49)40(7,8)45/h9-24H,1-8H3. The topological polar surface area (TPSA) is 68.3 Å². The molecular formula is C41H40I4O4. The highest BCUT2D eigenvalue weighted by molar-refractivity contribution is 14.1. The van der Waals surface area contributed by atoms with Crippen LogP contribution in [0, 0.1) is 0 Å². The number of rotatable bonds is 12. The van der Waals surface area contributed by atoms with E-state index in [2.05, 4.69) is 90.4 Å². The molecule has 49 heavy (non-hydrogen) atoms. The first kappa shape index (κ1) is 40.3. The predicted molar refractivity (Wildman–Crippen MR) is 234 cm³/mol. The fourth-order valence-corrected chi connectivity index (χ4v) is 7.10. The van der Waals surface area contributed by atoms with Gasteiger partial charge in [-0.05, 0) is 77.6 Å². The van der Waals surface area contributed by atoms with Crippen LogP contribution in [-0.2, 0) is 5.41 Å². The Balaban J connectivity index is 2.08. The number of benzene rings is 4. The van der Waals surface area contributed by atoms with E-state index in [1.165, 1.54) is 0 Å². The highest BCUT2D eigenvalue weighted by atomic mass is 127. The molecule has 0 aliphatic heterocycles. The molecule has 0 aromatic heterocycles. The van der Waals surface area contributed by atoms with Crippen molar-refractivity contribution in [2.75, 3.05) is 0 Å². The van der Waals surface area contributed by atoms with Gasteiger partial charge in [-0.1, -0.05) is 187 Å². The molecule has 8 heteroatoms. The molecule has 0 saturated heterocycles. The smallest absolute Gasteiger partial charge is 0.178 e. The van der Waals surface area contributed by atoms with Gasteiger partial charge in [0.1, 0.15) is 0 Å². The Morgan fingerprint density at radius 1 is 0.327 bits per heavy atom. The molecule has 0 unspecified atom stereocenters. The highest BCUT2D eigenvalue weighted by Crippen LogP contribution is 2.46. The van der Waals surface area contributed by atoms with Crippen LogP contribution in [0.25, 0.3) is 0 Å². The van der Waals surface area contributed by atoms with Crippen LogP contribution >= 0.6 is 90.4 Å². The van der Waals surface area contributed by atoms with E-state index in [4.69, 9.17) is 0 Å². The molecule has 0 amide bonds. The van der Waals surface area contributed by atoms with Crippen molar-refractivity contribution in [1.82, 2.24) is 0 Å². The van der Waals surface area contributed by atoms with E-state index < -0.39 is 19.1 Å². The van der Waals surface area contributed by atoms with Gasteiger partial charge >= 0.3 is 0 Å². The van der Waals surface area contributed by atoms with Crippen LogP contribution in [0.1, 0.15) is 119 Å². The normalized spacial score (nSPS) is 12.8. The number of hydrogen-bond acceptors (Lipinski definition) is 4. The van der Waals surface area contributed by atoms with Gasteiger partial charge in [-0.3, -0.25) is 19.2 Å². The molecule has 0 saturated carbocycles. The molecule has 0 atom stereocenters. The SMILES string of the molecule is CC(C)(I)C(=O)c1ccc(C(c2ccc(C(=O)C(C)(C)I)cc2)(c2ccc(C(=O)C(C)(C)I)cc2)c2ccc(C(=O)C(C)(C)I)cc2)cc1. The van der Waals surface area contributed by atoms with Crippen molar-refractivity contribution in [3.05, 3.63) is 142 Å². The van der Waals surface area contributed by atoms with Gasteiger partial charge in [0.25, 0.3) is 0 Å². The Kier molecular flexibility index (Phi) is 12.2. The van der Waals surface area contributed by atoms with Gasteiger partial charge in [0.05, 0.1) is 19.1 Å². The number of hydrogen-bond donors (Lipinski definition) is 0. The quantitative estimate of drug-likeness (QED) is 0.0614. The highest BCUT2D eigenvalue weighted by Gasteiger charge is 2.40. The number of carbonyl (C=O) groups is 4. The summed E-state index contributed by atoms with van der Waals surface area (Å²) in [5, 5.41) is 0. The first-order chi connectivity index (χ1) is 22.5. The molecule has 0 bridgehead atoms. The lowest BCUT2D eigenvalue weighted by Gasteiger charge is -2.37. The van der Waals surface area contributed by atoms with E-state index in [0.29, 0.717) is 22.3 Å². The number of alkyl halides is 4. The molecule has 0 radical (unpaired) electrons. The molecule has 4 nitrogen and oxygen atoms in total. The fraction of sp³-hybridized carbons (Fsp3) is 0.317. The van der Waals surface area contributed by atoms with Crippen molar-refractivity contribution < 1.29 is 19.2 Å². The van der Waals surface area contributed by atoms with E-state index in [-0.39, 0.29) is 23.1 Å². The van der Waals surface area contributed by atoms with Crippen molar-refractivity contribution >= 4 is 113 Å². The van der Waals surface area contributed by atoms with Crippen LogP contribution in [0.3, 0.4) is 0 Å². The lowest BCUT2D eigenvalue weighted by molar-refractivity contribution is 0.0958. The lowest BCUT2D eigenvalue weighted by Crippen LogP contribution is -2.32. The van der Waals surface area contributed by atoms with Crippen molar-refractivity contribution in [2.45, 2.75) is 74.5 Å². The number of ketones is 4. The Labute approximate surface area is 345 Å². The Hall–Kier alpha value is -1.52. The fourth-order valence-electron chi connectivity index (χ4n) is 5.86. The number of carbonyl (C=O) groups excluding carboxylic acids is 4. The summed E-state index contributed by atoms with van der Waals surface area (Å²) >= 11 is 8.66. The Morgan fingerprint density at radius 2 is 0.469 bits per heavy atom.